The maximum absolute atomic E-state index is 12.7. The second-order valence-electron chi connectivity index (χ2n) is 5.05. The Morgan fingerprint density at radius 1 is 1.47 bits per heavy atom. The number of nitrogens with zero attached hydrogens (tertiary/aromatic N) is 2. The lowest BCUT2D eigenvalue weighted by atomic mass is 10.1. The van der Waals surface area contributed by atoms with Gasteiger partial charge in [0, 0.05) is 18.7 Å². The van der Waals surface area contributed by atoms with Gasteiger partial charge in [0.1, 0.15) is 0 Å². The fourth-order valence-electron chi connectivity index (χ4n) is 2.20. The first-order chi connectivity index (χ1) is 8.79. The molecule has 0 spiro atoms. The predicted molar refractivity (Wildman–Crippen MR) is 62.6 cm³/mol. The molecule has 1 amide bonds. The molecule has 1 aliphatic rings. The van der Waals surface area contributed by atoms with Crippen LogP contribution in [0.2, 0.25) is 0 Å². The Hall–Kier alpha value is -1.53. The van der Waals surface area contributed by atoms with Crippen LogP contribution >= 0.6 is 0 Å². The molecule has 7 heteroatoms. The van der Waals surface area contributed by atoms with Gasteiger partial charge in [-0.1, -0.05) is 13.8 Å². The molecule has 1 unspecified atom stereocenters. The van der Waals surface area contributed by atoms with Crippen LogP contribution in [0.5, 0.6) is 0 Å². The number of hydrogen-bond acceptors (Lipinski definition) is 2. The molecule has 1 aromatic heterocycles. The molecule has 0 aromatic carbocycles. The van der Waals surface area contributed by atoms with Gasteiger partial charge in [-0.25, -0.2) is 0 Å². The average molecular weight is 275 g/mol. The summed E-state index contributed by atoms with van der Waals surface area (Å²) in [4.78, 5) is 11.1. The van der Waals surface area contributed by atoms with E-state index in [0.29, 0.717) is 25.1 Å². The first-order valence-electron chi connectivity index (χ1n) is 6.22. The van der Waals surface area contributed by atoms with Gasteiger partial charge in [-0.3, -0.25) is 9.48 Å². The van der Waals surface area contributed by atoms with Crippen LogP contribution < -0.4 is 5.32 Å². The van der Waals surface area contributed by atoms with Gasteiger partial charge in [0.05, 0.1) is 6.04 Å². The summed E-state index contributed by atoms with van der Waals surface area (Å²) in [5.41, 5.74) is -0.318. The van der Waals surface area contributed by atoms with Crippen LogP contribution in [-0.2, 0) is 11.0 Å². The molecular formula is C12H16F3N3O. The van der Waals surface area contributed by atoms with E-state index in [-0.39, 0.29) is 17.9 Å². The summed E-state index contributed by atoms with van der Waals surface area (Å²) >= 11 is 0. The monoisotopic (exact) mass is 275 g/mol. The molecule has 106 valence electrons. The summed E-state index contributed by atoms with van der Waals surface area (Å²) in [6, 6.07) is 0.896. The number of rotatable bonds is 2. The number of amides is 1. The number of carbonyl (C=O) groups is 1. The highest BCUT2D eigenvalue weighted by molar-refractivity contribution is 5.76. The Morgan fingerprint density at radius 3 is 2.63 bits per heavy atom. The van der Waals surface area contributed by atoms with Crippen LogP contribution in [-0.4, -0.2) is 22.2 Å². The van der Waals surface area contributed by atoms with E-state index in [0.717, 1.165) is 6.07 Å². The normalized spacial score (nSPS) is 20.7. The Balaban J connectivity index is 2.33. The topological polar surface area (TPSA) is 46.9 Å². The summed E-state index contributed by atoms with van der Waals surface area (Å²) in [7, 11) is 0. The van der Waals surface area contributed by atoms with Crippen molar-refractivity contribution in [1.29, 1.82) is 0 Å². The lowest BCUT2D eigenvalue weighted by Crippen LogP contribution is -2.37. The molecule has 2 heterocycles. The van der Waals surface area contributed by atoms with Gasteiger partial charge >= 0.3 is 6.18 Å². The van der Waals surface area contributed by atoms with Crippen LogP contribution in [0.4, 0.5) is 13.2 Å². The van der Waals surface area contributed by atoms with Crippen LogP contribution in [0.25, 0.3) is 0 Å². The summed E-state index contributed by atoms with van der Waals surface area (Å²) in [5, 5.41) is 6.36. The van der Waals surface area contributed by atoms with E-state index in [1.165, 1.54) is 4.68 Å². The van der Waals surface area contributed by atoms with E-state index in [4.69, 9.17) is 0 Å². The fourth-order valence-corrected chi connectivity index (χ4v) is 2.20. The average Bonchev–Trinajstić information content (AvgIpc) is 2.74. The van der Waals surface area contributed by atoms with E-state index >= 15 is 0 Å². The van der Waals surface area contributed by atoms with Crippen molar-refractivity contribution >= 4 is 5.91 Å². The molecule has 1 fully saturated rings. The van der Waals surface area contributed by atoms with E-state index in [9.17, 15) is 18.0 Å². The molecule has 0 aliphatic carbocycles. The Labute approximate surface area is 109 Å². The number of piperidine rings is 1. The highest BCUT2D eigenvalue weighted by Gasteiger charge is 2.36. The lowest BCUT2D eigenvalue weighted by Gasteiger charge is -2.25. The van der Waals surface area contributed by atoms with Crippen molar-refractivity contribution in [2.75, 3.05) is 6.54 Å². The standard InChI is InChI=1S/C12H16F3N3O/c1-7(2)9-5-10(12(13,14)15)17-18(9)8-3-4-11(19)16-6-8/h5,7-8H,3-4,6H2,1-2H3,(H,16,19). The summed E-state index contributed by atoms with van der Waals surface area (Å²) in [6.45, 7) is 3.99. The second-order valence-corrected chi connectivity index (χ2v) is 5.05. The molecule has 0 radical (unpaired) electrons. The van der Waals surface area contributed by atoms with Gasteiger partial charge in [-0.05, 0) is 18.4 Å². The Kier molecular flexibility index (Phi) is 3.56. The van der Waals surface area contributed by atoms with E-state index < -0.39 is 11.9 Å². The predicted octanol–water partition coefficient (Wildman–Crippen LogP) is 2.48. The highest BCUT2D eigenvalue weighted by Crippen LogP contribution is 2.32. The molecule has 0 saturated carbocycles. The zero-order valence-corrected chi connectivity index (χ0v) is 10.8. The minimum Gasteiger partial charge on any atom is -0.354 e. The number of hydrogen-bond donors (Lipinski definition) is 1. The van der Waals surface area contributed by atoms with Crippen LogP contribution in [0.15, 0.2) is 6.07 Å². The number of aromatic nitrogens is 2. The van der Waals surface area contributed by atoms with Crippen molar-refractivity contribution in [2.45, 2.75) is 44.8 Å². The molecule has 19 heavy (non-hydrogen) atoms. The molecule has 1 N–H and O–H groups in total. The second kappa shape index (κ2) is 4.86. The Morgan fingerprint density at radius 2 is 2.16 bits per heavy atom. The number of nitrogens with one attached hydrogen (secondary N) is 1. The van der Waals surface area contributed by atoms with E-state index in [1.54, 1.807) is 0 Å². The molecule has 1 atom stereocenters. The van der Waals surface area contributed by atoms with Gasteiger partial charge in [0.25, 0.3) is 0 Å². The van der Waals surface area contributed by atoms with Crippen molar-refractivity contribution in [3.63, 3.8) is 0 Å². The van der Waals surface area contributed by atoms with Gasteiger partial charge in [-0.2, -0.15) is 18.3 Å². The SMILES string of the molecule is CC(C)c1cc(C(F)(F)F)nn1C1CCC(=O)NC1. The largest absolute Gasteiger partial charge is 0.435 e. The van der Waals surface area contributed by atoms with Crippen LogP contribution in [0.1, 0.15) is 50.0 Å². The maximum atomic E-state index is 12.7. The zero-order valence-electron chi connectivity index (χ0n) is 10.8. The van der Waals surface area contributed by atoms with Crippen LogP contribution in [0.3, 0.4) is 0 Å². The quantitative estimate of drug-likeness (QED) is 0.901. The first-order valence-corrected chi connectivity index (χ1v) is 6.22. The maximum Gasteiger partial charge on any atom is 0.435 e. The third-order valence-electron chi connectivity index (χ3n) is 3.23. The van der Waals surface area contributed by atoms with Crippen molar-refractivity contribution in [3.8, 4) is 0 Å². The third kappa shape index (κ3) is 2.90. The molecule has 1 aromatic rings. The van der Waals surface area contributed by atoms with Crippen molar-refractivity contribution in [3.05, 3.63) is 17.5 Å². The summed E-state index contributed by atoms with van der Waals surface area (Å²) in [6.07, 6.45) is -3.60. The molecule has 1 saturated heterocycles. The Bertz CT molecular complexity index is 469. The molecule has 2 rings (SSSR count). The number of halogens is 3. The molecule has 4 nitrogen and oxygen atoms in total. The van der Waals surface area contributed by atoms with Gasteiger partial charge in [0.2, 0.25) is 5.91 Å². The summed E-state index contributed by atoms with van der Waals surface area (Å²) < 4.78 is 39.6. The number of carbonyl (C=O) groups excluding carboxylic acids is 1. The minimum absolute atomic E-state index is 0.0544. The lowest BCUT2D eigenvalue weighted by molar-refractivity contribution is -0.141. The number of alkyl halides is 3. The summed E-state index contributed by atoms with van der Waals surface area (Å²) in [5.74, 6) is -0.119. The van der Waals surface area contributed by atoms with Gasteiger partial charge < -0.3 is 5.32 Å². The first kappa shape index (κ1) is 13.9. The molecule has 1 aliphatic heterocycles. The third-order valence-corrected chi connectivity index (χ3v) is 3.23. The van der Waals surface area contributed by atoms with Crippen molar-refractivity contribution in [1.82, 2.24) is 15.1 Å². The molecule has 0 bridgehead atoms. The van der Waals surface area contributed by atoms with Crippen molar-refractivity contribution in [2.24, 2.45) is 0 Å². The fraction of sp³-hybridized carbons (Fsp3) is 0.667. The molecular weight excluding hydrogens is 259 g/mol. The smallest absolute Gasteiger partial charge is 0.354 e. The highest BCUT2D eigenvalue weighted by atomic mass is 19.4. The van der Waals surface area contributed by atoms with Crippen molar-refractivity contribution < 1.29 is 18.0 Å². The van der Waals surface area contributed by atoms with E-state index in [2.05, 4.69) is 10.4 Å². The zero-order chi connectivity index (χ0) is 14.2. The van der Waals surface area contributed by atoms with E-state index in [1.807, 2.05) is 13.8 Å². The minimum atomic E-state index is -4.44. The van der Waals surface area contributed by atoms with Gasteiger partial charge in [-0.15, -0.1) is 0 Å². The van der Waals surface area contributed by atoms with Gasteiger partial charge in [0.15, 0.2) is 5.69 Å². The van der Waals surface area contributed by atoms with Crippen LogP contribution in [0, 0.1) is 0 Å².